The second kappa shape index (κ2) is 7.63. The molecular weight excluding hydrogens is 320 g/mol. The lowest BCUT2D eigenvalue weighted by Crippen LogP contribution is -2.24. The summed E-state index contributed by atoms with van der Waals surface area (Å²) in [6, 6.07) is 14.0. The quantitative estimate of drug-likeness (QED) is 0.521. The molecule has 22 heavy (non-hydrogen) atoms. The molecule has 4 nitrogen and oxygen atoms in total. The molecule has 1 heterocycles. The number of benzene rings is 2. The van der Waals surface area contributed by atoms with Gasteiger partial charge in [-0.15, -0.1) is 24.2 Å². The predicted octanol–water partition coefficient (Wildman–Crippen LogP) is 3.95. The van der Waals surface area contributed by atoms with Crippen LogP contribution in [0.15, 0.2) is 47.4 Å². The SMILES string of the molecule is Cl.O=[N+]([O-])c1c(SCc2ccccc2)ccc2c1CNCC2. The first-order chi connectivity index (χ1) is 10.3. The van der Waals surface area contributed by atoms with Crippen LogP contribution in [0.5, 0.6) is 0 Å². The number of fused-ring (bicyclic) bond motifs is 1. The van der Waals surface area contributed by atoms with Crippen LogP contribution in [0, 0.1) is 10.1 Å². The maximum absolute atomic E-state index is 11.5. The van der Waals surface area contributed by atoms with Gasteiger partial charge in [-0.25, -0.2) is 0 Å². The minimum atomic E-state index is -0.237. The van der Waals surface area contributed by atoms with Gasteiger partial charge in [0, 0.05) is 17.9 Å². The minimum Gasteiger partial charge on any atom is -0.312 e. The maximum atomic E-state index is 11.5. The van der Waals surface area contributed by atoms with Gasteiger partial charge in [-0.3, -0.25) is 10.1 Å². The maximum Gasteiger partial charge on any atom is 0.287 e. The van der Waals surface area contributed by atoms with E-state index in [1.54, 1.807) is 0 Å². The summed E-state index contributed by atoms with van der Waals surface area (Å²) in [5, 5.41) is 14.7. The Labute approximate surface area is 139 Å². The minimum absolute atomic E-state index is 0. The van der Waals surface area contributed by atoms with Crippen molar-refractivity contribution in [2.75, 3.05) is 6.54 Å². The molecule has 0 saturated carbocycles. The molecule has 1 aliphatic rings. The number of hydrogen-bond acceptors (Lipinski definition) is 4. The molecule has 0 fully saturated rings. The summed E-state index contributed by atoms with van der Waals surface area (Å²) >= 11 is 1.53. The summed E-state index contributed by atoms with van der Waals surface area (Å²) in [5.41, 5.74) is 3.40. The second-order valence-corrected chi connectivity index (χ2v) is 6.03. The van der Waals surface area contributed by atoms with E-state index in [0.717, 1.165) is 34.7 Å². The standard InChI is InChI=1S/C16H16N2O2S.ClH/c19-18(20)16-14-10-17-9-8-13(14)6-7-15(16)21-11-12-4-2-1-3-5-12;/h1-7,17H,8-11H2;1H. The first-order valence-electron chi connectivity index (χ1n) is 6.92. The normalized spacial score (nSPS) is 13.1. The number of nitro benzene ring substituents is 1. The molecule has 1 aliphatic heterocycles. The molecule has 6 heteroatoms. The van der Waals surface area contributed by atoms with E-state index in [1.165, 1.54) is 17.3 Å². The fraction of sp³-hybridized carbons (Fsp3) is 0.250. The number of rotatable bonds is 4. The van der Waals surface area contributed by atoms with Crippen molar-refractivity contribution in [3.63, 3.8) is 0 Å². The first kappa shape index (κ1) is 16.8. The van der Waals surface area contributed by atoms with Crippen LogP contribution in [-0.2, 0) is 18.7 Å². The van der Waals surface area contributed by atoms with Gasteiger partial charge in [-0.1, -0.05) is 36.4 Å². The Morgan fingerprint density at radius 3 is 2.68 bits per heavy atom. The van der Waals surface area contributed by atoms with Crippen LogP contribution < -0.4 is 5.32 Å². The molecule has 3 rings (SSSR count). The second-order valence-electron chi connectivity index (χ2n) is 5.01. The van der Waals surface area contributed by atoms with Crippen LogP contribution in [-0.4, -0.2) is 11.5 Å². The van der Waals surface area contributed by atoms with Crippen LogP contribution in [0.3, 0.4) is 0 Å². The van der Waals surface area contributed by atoms with Crippen molar-refractivity contribution in [2.45, 2.75) is 23.6 Å². The predicted molar refractivity (Wildman–Crippen MR) is 91.8 cm³/mol. The van der Waals surface area contributed by atoms with E-state index >= 15 is 0 Å². The Morgan fingerprint density at radius 1 is 1.18 bits per heavy atom. The van der Waals surface area contributed by atoms with E-state index in [-0.39, 0.29) is 23.0 Å². The van der Waals surface area contributed by atoms with Crippen molar-refractivity contribution >= 4 is 29.9 Å². The van der Waals surface area contributed by atoms with E-state index in [4.69, 9.17) is 0 Å². The highest BCUT2D eigenvalue weighted by molar-refractivity contribution is 7.98. The highest BCUT2D eigenvalue weighted by Crippen LogP contribution is 2.37. The van der Waals surface area contributed by atoms with Gasteiger partial charge in [0.25, 0.3) is 5.69 Å². The number of hydrogen-bond donors (Lipinski definition) is 1. The molecule has 2 aromatic rings. The van der Waals surface area contributed by atoms with Crippen molar-refractivity contribution < 1.29 is 4.92 Å². The van der Waals surface area contributed by atoms with Gasteiger partial charge in [0.15, 0.2) is 0 Å². The van der Waals surface area contributed by atoms with Crippen LogP contribution in [0.2, 0.25) is 0 Å². The zero-order chi connectivity index (χ0) is 14.7. The largest absolute Gasteiger partial charge is 0.312 e. The van der Waals surface area contributed by atoms with Gasteiger partial charge in [0.2, 0.25) is 0 Å². The van der Waals surface area contributed by atoms with Gasteiger partial charge in [0.1, 0.15) is 0 Å². The fourth-order valence-corrected chi connectivity index (χ4v) is 3.59. The molecule has 1 N–H and O–H groups in total. The average molecular weight is 337 g/mol. The zero-order valence-electron chi connectivity index (χ0n) is 12.0. The monoisotopic (exact) mass is 336 g/mol. The third kappa shape index (κ3) is 3.61. The topological polar surface area (TPSA) is 55.2 Å². The molecular formula is C16H17ClN2O2S. The van der Waals surface area contributed by atoms with Crippen LogP contribution in [0.1, 0.15) is 16.7 Å². The lowest BCUT2D eigenvalue weighted by Gasteiger charge is -2.18. The lowest BCUT2D eigenvalue weighted by molar-refractivity contribution is -0.388. The summed E-state index contributed by atoms with van der Waals surface area (Å²) in [7, 11) is 0. The van der Waals surface area contributed by atoms with Crippen molar-refractivity contribution in [2.24, 2.45) is 0 Å². The van der Waals surface area contributed by atoms with E-state index in [1.807, 2.05) is 42.5 Å². The Bertz CT molecular complexity index is 665. The summed E-state index contributed by atoms with van der Waals surface area (Å²) in [6.45, 7) is 1.48. The number of halogens is 1. The average Bonchev–Trinajstić information content (AvgIpc) is 2.53. The summed E-state index contributed by atoms with van der Waals surface area (Å²) in [6.07, 6.45) is 0.861. The fourth-order valence-electron chi connectivity index (χ4n) is 2.58. The smallest absolute Gasteiger partial charge is 0.287 e. The van der Waals surface area contributed by atoms with Crippen molar-refractivity contribution in [1.82, 2.24) is 5.32 Å². The van der Waals surface area contributed by atoms with E-state index in [9.17, 15) is 10.1 Å². The molecule has 0 amide bonds. The number of nitrogens with one attached hydrogen (secondary N) is 1. The van der Waals surface area contributed by atoms with Crippen LogP contribution in [0.4, 0.5) is 5.69 Å². The summed E-state index contributed by atoms with van der Waals surface area (Å²) in [4.78, 5) is 12.0. The van der Waals surface area contributed by atoms with Crippen LogP contribution in [0.25, 0.3) is 0 Å². The van der Waals surface area contributed by atoms with E-state index in [0.29, 0.717) is 6.54 Å². The molecule has 0 unspecified atom stereocenters. The Morgan fingerprint density at radius 2 is 1.95 bits per heavy atom. The van der Waals surface area contributed by atoms with Crippen molar-refractivity contribution in [3.05, 3.63) is 69.3 Å². The highest BCUT2D eigenvalue weighted by atomic mass is 35.5. The Hall–Kier alpha value is -1.56. The molecule has 0 aromatic heterocycles. The van der Waals surface area contributed by atoms with Gasteiger partial charge < -0.3 is 5.32 Å². The molecule has 0 saturated heterocycles. The molecule has 116 valence electrons. The lowest BCUT2D eigenvalue weighted by atomic mass is 9.99. The van der Waals surface area contributed by atoms with E-state index < -0.39 is 0 Å². The van der Waals surface area contributed by atoms with Gasteiger partial charge in [-0.05, 0) is 30.2 Å². The molecule has 0 bridgehead atoms. The third-order valence-electron chi connectivity index (χ3n) is 3.64. The van der Waals surface area contributed by atoms with Crippen LogP contribution >= 0.6 is 24.2 Å². The Balaban J connectivity index is 0.00000176. The van der Waals surface area contributed by atoms with Gasteiger partial charge in [0.05, 0.1) is 9.82 Å². The number of thioether (sulfide) groups is 1. The zero-order valence-corrected chi connectivity index (χ0v) is 13.6. The van der Waals surface area contributed by atoms with Gasteiger partial charge in [-0.2, -0.15) is 0 Å². The Kier molecular flexibility index (Phi) is 5.83. The molecule has 0 atom stereocenters. The molecule has 0 aliphatic carbocycles. The van der Waals surface area contributed by atoms with Gasteiger partial charge >= 0.3 is 0 Å². The summed E-state index contributed by atoms with van der Waals surface area (Å²) in [5.74, 6) is 0.744. The summed E-state index contributed by atoms with van der Waals surface area (Å²) < 4.78 is 0. The van der Waals surface area contributed by atoms with Crippen molar-refractivity contribution in [1.29, 1.82) is 0 Å². The highest BCUT2D eigenvalue weighted by Gasteiger charge is 2.24. The number of nitro groups is 1. The van der Waals surface area contributed by atoms with E-state index in [2.05, 4.69) is 5.32 Å². The molecule has 2 aromatic carbocycles. The third-order valence-corrected chi connectivity index (χ3v) is 4.75. The van der Waals surface area contributed by atoms with Crippen molar-refractivity contribution in [3.8, 4) is 0 Å². The molecule has 0 spiro atoms. The molecule has 0 radical (unpaired) electrons. The number of nitrogens with zero attached hydrogens (tertiary/aromatic N) is 1. The first-order valence-corrected chi connectivity index (χ1v) is 7.91.